The molecule has 1 N–H and O–H groups in total. The van der Waals surface area contributed by atoms with E-state index >= 15 is 0 Å². The van der Waals surface area contributed by atoms with Crippen LogP contribution in [-0.2, 0) is 13.0 Å². The number of aryl methyl sites for hydroxylation is 1. The minimum Gasteiger partial charge on any atom is -0.461 e. The molecule has 0 aliphatic rings. The van der Waals surface area contributed by atoms with Crippen molar-refractivity contribution in [3.8, 4) is 6.19 Å². The highest BCUT2D eigenvalue weighted by Crippen LogP contribution is 2.22. The molecule has 2 aromatic rings. The molecular weight excluding hydrogens is 320 g/mol. The Bertz CT molecular complexity index is 730. The van der Waals surface area contributed by atoms with Crippen molar-refractivity contribution in [2.45, 2.75) is 25.8 Å². The Morgan fingerprint density at radius 1 is 1.33 bits per heavy atom. The average Bonchev–Trinajstić information content (AvgIpc) is 2.95. The number of unbranched alkanes of at least 4 members (excludes halogenated alkanes) is 1. The second-order valence-corrected chi connectivity index (χ2v) is 6.70. The molecule has 24 heavy (non-hydrogen) atoms. The lowest BCUT2D eigenvalue weighted by atomic mass is 10.1. The van der Waals surface area contributed by atoms with Crippen molar-refractivity contribution in [2.75, 3.05) is 26.9 Å². The maximum absolute atomic E-state index is 8.59. The fourth-order valence-corrected chi connectivity index (χ4v) is 2.88. The van der Waals surface area contributed by atoms with Gasteiger partial charge in [0.2, 0.25) is 0 Å². The molecule has 128 valence electrons. The van der Waals surface area contributed by atoms with Crippen LogP contribution in [0.2, 0.25) is 0 Å². The van der Waals surface area contributed by atoms with Crippen LogP contribution in [0.1, 0.15) is 24.2 Å². The maximum Gasteiger partial charge on any atom is 0.183 e. The molecule has 0 saturated heterocycles. The summed E-state index contributed by atoms with van der Waals surface area (Å²) in [6, 6.07) is 8.54. The first-order valence-electron chi connectivity index (χ1n) is 8.02. The fourth-order valence-electron chi connectivity index (χ4n) is 2.51. The van der Waals surface area contributed by atoms with Crippen LogP contribution in [0.3, 0.4) is 0 Å². The number of benzene rings is 1. The number of aliphatic imine (C=N–C) groups is 1. The number of fused-ring (bicyclic) bond motifs is 1. The molecule has 0 bridgehead atoms. The monoisotopic (exact) mass is 344 g/mol. The highest BCUT2D eigenvalue weighted by molar-refractivity contribution is 8.13. The van der Waals surface area contributed by atoms with Gasteiger partial charge in [-0.3, -0.25) is 10.3 Å². The lowest BCUT2D eigenvalue weighted by Gasteiger charge is -2.08. The summed E-state index contributed by atoms with van der Waals surface area (Å²) in [5, 5.41) is 13.0. The van der Waals surface area contributed by atoms with Gasteiger partial charge in [0.05, 0.1) is 0 Å². The van der Waals surface area contributed by atoms with Crippen LogP contribution >= 0.6 is 11.8 Å². The van der Waals surface area contributed by atoms with Crippen LogP contribution in [0.25, 0.3) is 11.0 Å². The van der Waals surface area contributed by atoms with E-state index in [-0.39, 0.29) is 0 Å². The lowest BCUT2D eigenvalue weighted by molar-refractivity contribution is 0.402. The highest BCUT2D eigenvalue weighted by Gasteiger charge is 2.05. The lowest BCUT2D eigenvalue weighted by Crippen LogP contribution is -2.13. The van der Waals surface area contributed by atoms with Crippen LogP contribution < -0.4 is 5.32 Å². The van der Waals surface area contributed by atoms with Crippen molar-refractivity contribution in [3.63, 3.8) is 0 Å². The van der Waals surface area contributed by atoms with Crippen LogP contribution in [0.5, 0.6) is 0 Å². The van der Waals surface area contributed by atoms with E-state index < -0.39 is 0 Å². The number of nitrogens with zero attached hydrogens (tertiary/aromatic N) is 3. The molecule has 2 rings (SSSR count). The first-order valence-corrected chi connectivity index (χ1v) is 9.24. The van der Waals surface area contributed by atoms with E-state index in [1.165, 1.54) is 17.3 Å². The number of amidine groups is 1. The molecule has 0 radical (unpaired) electrons. The zero-order chi connectivity index (χ0) is 17.4. The van der Waals surface area contributed by atoms with Crippen molar-refractivity contribution >= 4 is 27.9 Å². The van der Waals surface area contributed by atoms with Crippen molar-refractivity contribution in [3.05, 3.63) is 35.6 Å². The van der Waals surface area contributed by atoms with Gasteiger partial charge >= 0.3 is 0 Å². The summed E-state index contributed by atoms with van der Waals surface area (Å²) in [7, 11) is 4.13. The van der Waals surface area contributed by atoms with E-state index in [2.05, 4.69) is 53.6 Å². The fraction of sp³-hybridized carbons (Fsp3) is 0.444. The molecule has 0 atom stereocenters. The summed E-state index contributed by atoms with van der Waals surface area (Å²) in [4.78, 5) is 6.50. The number of thioether (sulfide) groups is 1. The van der Waals surface area contributed by atoms with Gasteiger partial charge in [-0.15, -0.1) is 0 Å². The number of nitrogens with one attached hydrogen (secondary N) is 1. The molecule has 0 aliphatic carbocycles. The molecule has 0 fully saturated rings. The summed E-state index contributed by atoms with van der Waals surface area (Å²) in [5.74, 6) is 1.02. The Morgan fingerprint density at radius 3 is 2.88 bits per heavy atom. The Morgan fingerprint density at radius 2 is 2.17 bits per heavy atom. The maximum atomic E-state index is 8.59. The van der Waals surface area contributed by atoms with Gasteiger partial charge in [-0.25, -0.2) is 0 Å². The summed E-state index contributed by atoms with van der Waals surface area (Å²) < 4.78 is 5.96. The molecule has 1 aromatic carbocycles. The molecule has 6 heteroatoms. The van der Waals surface area contributed by atoms with Gasteiger partial charge in [0.15, 0.2) is 11.4 Å². The van der Waals surface area contributed by atoms with Crippen LogP contribution in [-0.4, -0.2) is 37.0 Å². The summed E-state index contributed by atoms with van der Waals surface area (Å²) in [6.07, 6.45) is 6.70. The van der Waals surface area contributed by atoms with E-state index in [0.717, 1.165) is 49.1 Å². The standard InChI is InChI=1S/C18H24N4OS/c1-22(2)12-14-7-8-15-11-16(23-17(15)10-14)6-4-5-9-20-18(24-3)21-13-19/h7-8,10-11H,4-6,9,12H2,1-3H3,(H,20,21). The normalized spacial score (nSPS) is 11.9. The van der Waals surface area contributed by atoms with Gasteiger partial charge in [-0.05, 0) is 50.9 Å². The van der Waals surface area contributed by atoms with E-state index in [4.69, 9.17) is 9.68 Å². The minimum atomic E-state index is 0.676. The number of hydrogen-bond acceptors (Lipinski definition) is 5. The summed E-state index contributed by atoms with van der Waals surface area (Å²) in [6.45, 7) is 1.64. The van der Waals surface area contributed by atoms with E-state index in [0.29, 0.717) is 5.17 Å². The molecular formula is C18H24N4OS. The third kappa shape index (κ3) is 5.59. The van der Waals surface area contributed by atoms with Crippen LogP contribution in [0.4, 0.5) is 0 Å². The Kier molecular flexibility index (Phi) is 7.16. The van der Waals surface area contributed by atoms with Gasteiger partial charge in [0.25, 0.3) is 0 Å². The van der Waals surface area contributed by atoms with Crippen LogP contribution in [0.15, 0.2) is 33.7 Å². The summed E-state index contributed by atoms with van der Waals surface area (Å²) >= 11 is 1.45. The average molecular weight is 344 g/mol. The topological polar surface area (TPSA) is 64.6 Å². The van der Waals surface area contributed by atoms with Crippen molar-refractivity contribution in [1.29, 1.82) is 5.26 Å². The molecule has 5 nitrogen and oxygen atoms in total. The molecule has 0 aliphatic heterocycles. The SMILES string of the molecule is CSC(=NCCCCc1cc2ccc(CN(C)C)cc2o1)NC#N. The first kappa shape index (κ1) is 18.4. The number of nitriles is 1. The Labute approximate surface area is 147 Å². The van der Waals surface area contributed by atoms with Gasteiger partial charge in [0, 0.05) is 24.9 Å². The largest absolute Gasteiger partial charge is 0.461 e. The smallest absolute Gasteiger partial charge is 0.183 e. The quantitative estimate of drug-likeness (QED) is 0.273. The molecule has 0 spiro atoms. The first-order chi connectivity index (χ1) is 11.6. The molecule has 0 unspecified atom stereocenters. The predicted molar refractivity (Wildman–Crippen MR) is 101 cm³/mol. The van der Waals surface area contributed by atoms with Crippen molar-refractivity contribution < 1.29 is 4.42 Å². The minimum absolute atomic E-state index is 0.676. The van der Waals surface area contributed by atoms with Gasteiger partial charge in [0.1, 0.15) is 11.3 Å². The molecule has 1 aromatic heterocycles. The van der Waals surface area contributed by atoms with Crippen LogP contribution in [0, 0.1) is 11.5 Å². The van der Waals surface area contributed by atoms with E-state index in [1.54, 1.807) is 0 Å². The predicted octanol–water partition coefficient (Wildman–Crippen LogP) is 3.61. The third-order valence-corrected chi connectivity index (χ3v) is 4.20. The van der Waals surface area contributed by atoms with Gasteiger partial charge in [-0.1, -0.05) is 23.9 Å². The molecule has 0 saturated carbocycles. The highest BCUT2D eigenvalue weighted by atomic mass is 32.2. The Hall–Kier alpha value is -1.97. The zero-order valence-corrected chi connectivity index (χ0v) is 15.3. The van der Waals surface area contributed by atoms with Gasteiger partial charge < -0.3 is 9.32 Å². The summed E-state index contributed by atoms with van der Waals surface area (Å²) in [5.41, 5.74) is 2.22. The molecule has 0 amide bonds. The Balaban J connectivity index is 1.86. The van der Waals surface area contributed by atoms with Crippen molar-refractivity contribution in [2.24, 2.45) is 4.99 Å². The number of rotatable bonds is 7. The molecule has 1 heterocycles. The zero-order valence-electron chi connectivity index (χ0n) is 14.5. The van der Waals surface area contributed by atoms with E-state index in [9.17, 15) is 0 Å². The second-order valence-electron chi connectivity index (χ2n) is 5.91. The van der Waals surface area contributed by atoms with E-state index in [1.807, 2.05) is 12.4 Å². The number of furan rings is 1. The van der Waals surface area contributed by atoms with Crippen molar-refractivity contribution in [1.82, 2.24) is 10.2 Å². The number of hydrogen-bond donors (Lipinski definition) is 1. The van der Waals surface area contributed by atoms with Gasteiger partial charge in [-0.2, -0.15) is 5.26 Å². The second kappa shape index (κ2) is 9.36. The third-order valence-electron chi connectivity index (χ3n) is 3.58.